The van der Waals surface area contributed by atoms with Crippen LogP contribution in [0.15, 0.2) is 53.2 Å². The molecule has 1 fully saturated rings. The van der Waals surface area contributed by atoms with E-state index in [1.54, 1.807) is 13.3 Å². The maximum absolute atomic E-state index is 6.31. The number of likely N-dealkylation sites (tertiary alicyclic amines) is 1. The van der Waals surface area contributed by atoms with Gasteiger partial charge in [-0.05, 0) is 89.0 Å². The molecule has 6 heteroatoms. The summed E-state index contributed by atoms with van der Waals surface area (Å²) in [7, 11) is 1.67. The van der Waals surface area contributed by atoms with Crippen LogP contribution in [0.25, 0.3) is 22.5 Å². The van der Waals surface area contributed by atoms with Gasteiger partial charge in [0.1, 0.15) is 17.2 Å². The molecule has 4 rings (SSSR count). The highest BCUT2D eigenvalue weighted by molar-refractivity contribution is 5.82. The standard InChI is InChI=1S/C30H40N2O4/c1-23(2)35-26-15-16-27(30-28(22-31-36-30)24-11-13-25(33-3)14-12-24)29(21-26)34-20-10-5-4-7-17-32-18-8-6-9-19-32/h11-16,21-23H,4-10,17-20H2,1-3H3. The normalized spacial score (nSPS) is 14.2. The van der Waals surface area contributed by atoms with E-state index in [0.717, 1.165) is 40.4 Å². The highest BCUT2D eigenvalue weighted by atomic mass is 16.5. The second-order valence-corrected chi connectivity index (χ2v) is 9.79. The number of methoxy groups -OCH3 is 1. The topological polar surface area (TPSA) is 57.0 Å². The number of hydrogen-bond acceptors (Lipinski definition) is 6. The minimum atomic E-state index is 0.0868. The van der Waals surface area contributed by atoms with E-state index in [1.807, 2.05) is 56.3 Å². The maximum atomic E-state index is 6.31. The minimum absolute atomic E-state index is 0.0868. The third kappa shape index (κ3) is 7.26. The lowest BCUT2D eigenvalue weighted by molar-refractivity contribution is 0.222. The molecule has 36 heavy (non-hydrogen) atoms. The average Bonchev–Trinajstić information content (AvgIpc) is 3.38. The van der Waals surface area contributed by atoms with Gasteiger partial charge >= 0.3 is 0 Å². The van der Waals surface area contributed by atoms with E-state index in [4.69, 9.17) is 18.7 Å². The van der Waals surface area contributed by atoms with Gasteiger partial charge in [-0.25, -0.2) is 0 Å². The molecule has 0 atom stereocenters. The largest absolute Gasteiger partial charge is 0.497 e. The smallest absolute Gasteiger partial charge is 0.178 e. The van der Waals surface area contributed by atoms with E-state index < -0.39 is 0 Å². The van der Waals surface area contributed by atoms with Gasteiger partial charge in [0.25, 0.3) is 0 Å². The monoisotopic (exact) mass is 492 g/mol. The molecule has 0 N–H and O–H groups in total. The Labute approximate surface area is 215 Å². The second-order valence-electron chi connectivity index (χ2n) is 9.79. The number of aromatic nitrogens is 1. The van der Waals surface area contributed by atoms with Crippen molar-refractivity contribution in [2.24, 2.45) is 0 Å². The first-order valence-corrected chi connectivity index (χ1v) is 13.4. The summed E-state index contributed by atoms with van der Waals surface area (Å²) in [5.74, 6) is 3.04. The van der Waals surface area contributed by atoms with E-state index in [2.05, 4.69) is 10.1 Å². The van der Waals surface area contributed by atoms with Crippen LogP contribution in [0.3, 0.4) is 0 Å². The van der Waals surface area contributed by atoms with Crippen molar-refractivity contribution in [3.8, 4) is 39.7 Å². The molecule has 0 spiro atoms. The van der Waals surface area contributed by atoms with E-state index in [-0.39, 0.29) is 6.10 Å². The molecule has 0 saturated carbocycles. The van der Waals surface area contributed by atoms with Gasteiger partial charge in [0.2, 0.25) is 0 Å². The highest BCUT2D eigenvalue weighted by Crippen LogP contribution is 2.39. The summed E-state index contributed by atoms with van der Waals surface area (Å²) in [6, 6.07) is 13.8. The number of nitrogens with zero attached hydrogens (tertiary/aromatic N) is 2. The molecule has 0 amide bonds. The SMILES string of the molecule is COc1ccc(-c2cnoc2-c2ccc(OC(C)C)cc2OCCCCCCN2CCCCC2)cc1. The lowest BCUT2D eigenvalue weighted by Crippen LogP contribution is -2.30. The summed E-state index contributed by atoms with van der Waals surface area (Å²) in [4.78, 5) is 2.62. The Balaban J connectivity index is 1.40. The summed E-state index contributed by atoms with van der Waals surface area (Å²) in [6.45, 7) is 8.50. The second kappa shape index (κ2) is 13.4. The molecule has 0 radical (unpaired) electrons. The molecule has 3 aromatic rings. The number of hydrogen-bond donors (Lipinski definition) is 0. The van der Waals surface area contributed by atoms with E-state index in [9.17, 15) is 0 Å². The zero-order valence-electron chi connectivity index (χ0n) is 22.0. The molecule has 6 nitrogen and oxygen atoms in total. The molecule has 0 bridgehead atoms. The highest BCUT2D eigenvalue weighted by Gasteiger charge is 2.19. The van der Waals surface area contributed by atoms with Crippen LogP contribution in [0.1, 0.15) is 58.8 Å². The Morgan fingerprint density at radius 3 is 2.39 bits per heavy atom. The van der Waals surface area contributed by atoms with Crippen LogP contribution in [0.4, 0.5) is 0 Å². The van der Waals surface area contributed by atoms with Gasteiger partial charge in [0.05, 0.1) is 31.6 Å². The molecular formula is C30H40N2O4. The number of rotatable bonds is 13. The van der Waals surface area contributed by atoms with Crippen molar-refractivity contribution in [1.29, 1.82) is 0 Å². The third-order valence-corrected chi connectivity index (χ3v) is 6.62. The molecule has 1 aliphatic heterocycles. The van der Waals surface area contributed by atoms with Crippen molar-refractivity contribution >= 4 is 0 Å². The van der Waals surface area contributed by atoms with Gasteiger partial charge in [-0.15, -0.1) is 0 Å². The molecule has 1 aliphatic rings. The van der Waals surface area contributed by atoms with E-state index >= 15 is 0 Å². The number of piperidine rings is 1. The summed E-state index contributed by atoms with van der Waals surface area (Å²) >= 11 is 0. The van der Waals surface area contributed by atoms with Gasteiger partial charge in [0.15, 0.2) is 5.76 Å². The summed E-state index contributed by atoms with van der Waals surface area (Å²) in [5.41, 5.74) is 2.80. The number of unbranched alkanes of at least 4 members (excludes halogenated alkanes) is 3. The first-order chi connectivity index (χ1) is 17.6. The molecule has 2 aromatic carbocycles. The summed E-state index contributed by atoms with van der Waals surface area (Å²) < 4.78 is 23.3. The zero-order chi connectivity index (χ0) is 25.2. The van der Waals surface area contributed by atoms with Crippen molar-refractivity contribution in [1.82, 2.24) is 10.1 Å². The predicted molar refractivity (Wildman–Crippen MR) is 144 cm³/mol. The van der Waals surface area contributed by atoms with Crippen LogP contribution < -0.4 is 14.2 Å². The fraction of sp³-hybridized carbons (Fsp3) is 0.500. The lowest BCUT2D eigenvalue weighted by atomic mass is 10.0. The van der Waals surface area contributed by atoms with Crippen molar-refractivity contribution in [3.63, 3.8) is 0 Å². The van der Waals surface area contributed by atoms with Crippen LogP contribution in [0.2, 0.25) is 0 Å². The van der Waals surface area contributed by atoms with Crippen LogP contribution in [0, 0.1) is 0 Å². The maximum Gasteiger partial charge on any atom is 0.178 e. The summed E-state index contributed by atoms with van der Waals surface area (Å²) in [6.07, 6.45) is 10.7. The van der Waals surface area contributed by atoms with E-state index in [0.29, 0.717) is 12.4 Å². The van der Waals surface area contributed by atoms with Crippen molar-refractivity contribution in [2.45, 2.75) is 64.9 Å². The molecule has 0 aliphatic carbocycles. The van der Waals surface area contributed by atoms with E-state index in [1.165, 1.54) is 58.2 Å². The number of benzene rings is 2. The third-order valence-electron chi connectivity index (χ3n) is 6.62. The first-order valence-electron chi connectivity index (χ1n) is 13.4. The Kier molecular flexibility index (Phi) is 9.68. The van der Waals surface area contributed by atoms with Crippen LogP contribution in [0.5, 0.6) is 17.2 Å². The van der Waals surface area contributed by atoms with Crippen LogP contribution >= 0.6 is 0 Å². The molecule has 1 aromatic heterocycles. The lowest BCUT2D eigenvalue weighted by Gasteiger charge is -2.26. The fourth-order valence-electron chi connectivity index (χ4n) is 4.72. The van der Waals surface area contributed by atoms with Gasteiger partial charge in [0, 0.05) is 11.6 Å². The summed E-state index contributed by atoms with van der Waals surface area (Å²) in [5, 5.41) is 4.10. The predicted octanol–water partition coefficient (Wildman–Crippen LogP) is 7.23. The first kappa shape index (κ1) is 26.1. The molecule has 0 unspecified atom stereocenters. The average molecular weight is 493 g/mol. The van der Waals surface area contributed by atoms with Gasteiger partial charge < -0.3 is 23.6 Å². The van der Waals surface area contributed by atoms with Gasteiger partial charge in [-0.1, -0.05) is 36.6 Å². The van der Waals surface area contributed by atoms with Crippen molar-refractivity contribution in [2.75, 3.05) is 33.4 Å². The Hall–Kier alpha value is -2.99. The zero-order valence-corrected chi connectivity index (χ0v) is 22.0. The van der Waals surface area contributed by atoms with Crippen LogP contribution in [-0.4, -0.2) is 49.5 Å². The Bertz CT molecular complexity index is 1060. The Morgan fingerprint density at radius 1 is 0.889 bits per heavy atom. The Morgan fingerprint density at radius 2 is 1.64 bits per heavy atom. The number of ether oxygens (including phenoxy) is 3. The molecule has 1 saturated heterocycles. The van der Waals surface area contributed by atoms with Crippen molar-refractivity contribution in [3.05, 3.63) is 48.7 Å². The fourth-order valence-corrected chi connectivity index (χ4v) is 4.72. The quantitative estimate of drug-likeness (QED) is 0.235. The van der Waals surface area contributed by atoms with Gasteiger partial charge in [-0.2, -0.15) is 0 Å². The van der Waals surface area contributed by atoms with Crippen LogP contribution in [-0.2, 0) is 0 Å². The molecule has 194 valence electrons. The minimum Gasteiger partial charge on any atom is -0.497 e. The van der Waals surface area contributed by atoms with Crippen molar-refractivity contribution < 1.29 is 18.7 Å². The van der Waals surface area contributed by atoms with Gasteiger partial charge in [-0.3, -0.25) is 0 Å². The molecule has 2 heterocycles. The molecular weight excluding hydrogens is 452 g/mol.